The van der Waals surface area contributed by atoms with Crippen molar-refractivity contribution in [1.29, 1.82) is 0 Å². The zero-order valence-electron chi connectivity index (χ0n) is 8.30. The molecule has 0 bridgehead atoms. The van der Waals surface area contributed by atoms with Crippen LogP contribution in [0.25, 0.3) is 0 Å². The number of benzene rings is 1. The Balaban J connectivity index is 2.90. The summed E-state index contributed by atoms with van der Waals surface area (Å²) >= 11 is 3.43. The minimum Gasteiger partial charge on any atom is -0.504 e. The normalized spacial score (nSPS) is 10.2. The molecule has 1 aromatic carbocycles. The van der Waals surface area contributed by atoms with E-state index in [-0.39, 0.29) is 5.75 Å². The third-order valence-electron chi connectivity index (χ3n) is 1.99. The first kappa shape index (κ1) is 11.3. The van der Waals surface area contributed by atoms with Gasteiger partial charge in [0.1, 0.15) is 0 Å². The molecule has 0 unspecified atom stereocenters. The first-order valence-electron chi connectivity index (χ1n) is 4.39. The molecule has 0 radical (unpaired) electrons. The Kier molecular flexibility index (Phi) is 4.22. The number of hydrogen-bond donors (Lipinski definition) is 2. The van der Waals surface area contributed by atoms with Crippen molar-refractivity contribution in [2.45, 2.75) is 6.42 Å². The van der Waals surface area contributed by atoms with Crippen LogP contribution in [0, 0.1) is 0 Å². The molecular weight excluding hydrogens is 246 g/mol. The fourth-order valence-corrected chi connectivity index (χ4v) is 1.72. The van der Waals surface area contributed by atoms with Gasteiger partial charge in [0.2, 0.25) is 0 Å². The largest absolute Gasteiger partial charge is 0.504 e. The average molecular weight is 260 g/mol. The standard InChI is InChI=1S/C10H14BrNO2/c1-12-4-3-7-5-9(13)10(14-2)6-8(7)11/h5-6,12-13H,3-4H2,1-2H3. The van der Waals surface area contributed by atoms with E-state index in [2.05, 4.69) is 21.2 Å². The summed E-state index contributed by atoms with van der Waals surface area (Å²) < 4.78 is 5.95. The highest BCUT2D eigenvalue weighted by Gasteiger charge is 2.07. The number of likely N-dealkylation sites (N-methyl/N-ethyl adjacent to an activating group) is 1. The minimum atomic E-state index is 0.182. The predicted molar refractivity (Wildman–Crippen MR) is 60.0 cm³/mol. The van der Waals surface area contributed by atoms with Gasteiger partial charge >= 0.3 is 0 Å². The van der Waals surface area contributed by atoms with Gasteiger partial charge in [-0.15, -0.1) is 0 Å². The molecule has 1 rings (SSSR count). The molecular formula is C10H14BrNO2. The molecule has 0 aliphatic carbocycles. The van der Waals surface area contributed by atoms with Crippen LogP contribution in [-0.2, 0) is 6.42 Å². The highest BCUT2D eigenvalue weighted by atomic mass is 79.9. The van der Waals surface area contributed by atoms with Crippen LogP contribution in [0.1, 0.15) is 5.56 Å². The summed E-state index contributed by atoms with van der Waals surface area (Å²) in [6.45, 7) is 0.879. The zero-order chi connectivity index (χ0) is 10.6. The van der Waals surface area contributed by atoms with E-state index in [1.54, 1.807) is 12.1 Å². The molecule has 2 N–H and O–H groups in total. The second kappa shape index (κ2) is 5.22. The summed E-state index contributed by atoms with van der Waals surface area (Å²) in [5.74, 6) is 0.673. The van der Waals surface area contributed by atoms with Crippen molar-refractivity contribution in [3.63, 3.8) is 0 Å². The first-order chi connectivity index (χ1) is 6.69. The Morgan fingerprint density at radius 2 is 2.21 bits per heavy atom. The van der Waals surface area contributed by atoms with Crippen LogP contribution >= 0.6 is 15.9 Å². The Morgan fingerprint density at radius 1 is 1.50 bits per heavy atom. The van der Waals surface area contributed by atoms with E-state index in [1.807, 2.05) is 7.05 Å². The van der Waals surface area contributed by atoms with Gasteiger partial charge in [0, 0.05) is 4.47 Å². The molecule has 0 saturated carbocycles. The summed E-state index contributed by atoms with van der Waals surface area (Å²) in [7, 11) is 3.44. The molecule has 0 aliphatic heterocycles. The van der Waals surface area contributed by atoms with Gasteiger partial charge in [0.25, 0.3) is 0 Å². The van der Waals surface area contributed by atoms with Gasteiger partial charge in [0.05, 0.1) is 7.11 Å². The molecule has 0 heterocycles. The molecule has 14 heavy (non-hydrogen) atoms. The lowest BCUT2D eigenvalue weighted by Gasteiger charge is -2.08. The van der Waals surface area contributed by atoms with Crippen molar-refractivity contribution in [2.75, 3.05) is 20.7 Å². The molecule has 3 nitrogen and oxygen atoms in total. The maximum absolute atomic E-state index is 9.55. The van der Waals surface area contributed by atoms with E-state index in [9.17, 15) is 5.11 Å². The highest BCUT2D eigenvalue weighted by molar-refractivity contribution is 9.10. The number of phenols is 1. The third kappa shape index (κ3) is 2.62. The summed E-state index contributed by atoms with van der Waals surface area (Å²) in [4.78, 5) is 0. The molecule has 0 aromatic heterocycles. The summed E-state index contributed by atoms with van der Waals surface area (Å²) in [6.07, 6.45) is 0.870. The van der Waals surface area contributed by atoms with Crippen LogP contribution in [0.3, 0.4) is 0 Å². The van der Waals surface area contributed by atoms with Crippen LogP contribution in [0.15, 0.2) is 16.6 Å². The van der Waals surface area contributed by atoms with E-state index in [0.29, 0.717) is 5.75 Å². The molecule has 0 aliphatic rings. The molecule has 0 saturated heterocycles. The highest BCUT2D eigenvalue weighted by Crippen LogP contribution is 2.32. The summed E-state index contributed by atoms with van der Waals surface area (Å²) in [5.41, 5.74) is 1.07. The van der Waals surface area contributed by atoms with Gasteiger partial charge in [-0.05, 0) is 37.7 Å². The molecule has 0 amide bonds. The molecule has 78 valence electrons. The number of methoxy groups -OCH3 is 1. The van der Waals surface area contributed by atoms with Crippen LogP contribution in [0.5, 0.6) is 11.5 Å². The van der Waals surface area contributed by atoms with Gasteiger partial charge in [0.15, 0.2) is 11.5 Å². The lowest BCUT2D eigenvalue weighted by atomic mass is 10.1. The topological polar surface area (TPSA) is 41.5 Å². The van der Waals surface area contributed by atoms with Crippen molar-refractivity contribution < 1.29 is 9.84 Å². The van der Waals surface area contributed by atoms with E-state index >= 15 is 0 Å². The number of aromatic hydroxyl groups is 1. The second-order valence-electron chi connectivity index (χ2n) is 2.97. The molecule has 0 spiro atoms. The third-order valence-corrected chi connectivity index (χ3v) is 2.73. The fraction of sp³-hybridized carbons (Fsp3) is 0.400. The second-order valence-corrected chi connectivity index (χ2v) is 3.82. The summed E-state index contributed by atoms with van der Waals surface area (Å²) in [6, 6.07) is 3.50. The van der Waals surface area contributed by atoms with E-state index in [4.69, 9.17) is 4.74 Å². The fourth-order valence-electron chi connectivity index (χ4n) is 1.20. The van der Waals surface area contributed by atoms with Crippen LogP contribution in [0.2, 0.25) is 0 Å². The van der Waals surface area contributed by atoms with Crippen LogP contribution in [0.4, 0.5) is 0 Å². The van der Waals surface area contributed by atoms with Crippen molar-refractivity contribution in [3.8, 4) is 11.5 Å². The van der Waals surface area contributed by atoms with Crippen molar-refractivity contribution in [3.05, 3.63) is 22.2 Å². The van der Waals surface area contributed by atoms with E-state index in [0.717, 1.165) is 23.0 Å². The zero-order valence-corrected chi connectivity index (χ0v) is 9.89. The molecule has 4 heteroatoms. The molecule has 1 aromatic rings. The lowest BCUT2D eigenvalue weighted by Crippen LogP contribution is -2.10. The maximum Gasteiger partial charge on any atom is 0.161 e. The average Bonchev–Trinajstić information content (AvgIpc) is 2.18. The smallest absolute Gasteiger partial charge is 0.161 e. The Bertz CT molecular complexity index is 315. The first-order valence-corrected chi connectivity index (χ1v) is 5.18. The SMILES string of the molecule is CNCCc1cc(O)c(OC)cc1Br. The Morgan fingerprint density at radius 3 is 2.79 bits per heavy atom. The quantitative estimate of drug-likeness (QED) is 0.869. The van der Waals surface area contributed by atoms with Gasteiger partial charge < -0.3 is 15.2 Å². The van der Waals surface area contributed by atoms with Crippen molar-refractivity contribution >= 4 is 15.9 Å². The van der Waals surface area contributed by atoms with Gasteiger partial charge in [-0.3, -0.25) is 0 Å². The predicted octanol–water partition coefficient (Wildman–Crippen LogP) is 1.93. The van der Waals surface area contributed by atoms with Crippen molar-refractivity contribution in [1.82, 2.24) is 5.32 Å². The Labute approximate surface area is 92.2 Å². The number of rotatable bonds is 4. The van der Waals surface area contributed by atoms with E-state index < -0.39 is 0 Å². The minimum absolute atomic E-state index is 0.182. The van der Waals surface area contributed by atoms with Gasteiger partial charge in [-0.25, -0.2) is 0 Å². The molecule has 0 fully saturated rings. The van der Waals surface area contributed by atoms with Crippen molar-refractivity contribution in [2.24, 2.45) is 0 Å². The summed E-state index contributed by atoms with van der Waals surface area (Å²) in [5, 5.41) is 12.6. The molecule has 0 atom stereocenters. The van der Waals surface area contributed by atoms with Gasteiger partial charge in [-0.1, -0.05) is 15.9 Å². The number of hydrogen-bond acceptors (Lipinski definition) is 3. The lowest BCUT2D eigenvalue weighted by molar-refractivity contribution is 0.372. The number of nitrogens with one attached hydrogen (secondary N) is 1. The van der Waals surface area contributed by atoms with Crippen LogP contribution in [-0.4, -0.2) is 25.8 Å². The van der Waals surface area contributed by atoms with E-state index in [1.165, 1.54) is 7.11 Å². The Hall–Kier alpha value is -0.740. The van der Waals surface area contributed by atoms with Gasteiger partial charge in [-0.2, -0.15) is 0 Å². The maximum atomic E-state index is 9.55. The van der Waals surface area contributed by atoms with Crippen LogP contribution < -0.4 is 10.1 Å². The number of phenolic OH excluding ortho intramolecular Hbond substituents is 1. The number of ether oxygens (including phenoxy) is 1. The monoisotopic (exact) mass is 259 g/mol. The number of halogens is 1.